The maximum absolute atomic E-state index is 12.6. The average molecular weight is 673 g/mol. The summed E-state index contributed by atoms with van der Waals surface area (Å²) in [5, 5.41) is 6.66. The number of carbonyl (C=O) groups is 2. The first-order chi connectivity index (χ1) is 23.6. The summed E-state index contributed by atoms with van der Waals surface area (Å²) in [6.07, 6.45) is 25.9. The molecule has 0 amide bonds. The lowest BCUT2D eigenvalue weighted by molar-refractivity contribution is -0.144. The molecule has 276 valence electrons. The second kappa shape index (κ2) is 29.7. The summed E-state index contributed by atoms with van der Waals surface area (Å²) in [6, 6.07) is 8.57. The molecule has 1 aromatic carbocycles. The zero-order valence-corrected chi connectivity index (χ0v) is 31.1. The third-order valence-electron chi connectivity index (χ3n) is 9.35. The molecule has 8 nitrogen and oxygen atoms in total. The van der Waals surface area contributed by atoms with Crippen molar-refractivity contribution in [3.8, 4) is 0 Å². The molecular formula is C40H72N4O4. The molecule has 0 bridgehead atoms. The van der Waals surface area contributed by atoms with Crippen LogP contribution in [-0.4, -0.2) is 63.1 Å². The highest BCUT2D eigenvalue weighted by atomic mass is 16.5. The van der Waals surface area contributed by atoms with Gasteiger partial charge in [0, 0.05) is 32.0 Å². The molecule has 0 aliphatic carbocycles. The van der Waals surface area contributed by atoms with Crippen LogP contribution in [0.25, 0.3) is 0 Å². The summed E-state index contributed by atoms with van der Waals surface area (Å²) in [4.78, 5) is 29.6. The number of esters is 2. The van der Waals surface area contributed by atoms with E-state index in [1.165, 1.54) is 103 Å². The molecule has 1 heterocycles. The van der Waals surface area contributed by atoms with E-state index in [1.54, 1.807) is 0 Å². The summed E-state index contributed by atoms with van der Waals surface area (Å²) in [6.45, 7) is 9.78. The van der Waals surface area contributed by atoms with E-state index < -0.39 is 0 Å². The number of unbranched alkanes of at least 4 members (excludes halogenated alkanes) is 18. The summed E-state index contributed by atoms with van der Waals surface area (Å²) in [5.41, 5.74) is 2.32. The Balaban J connectivity index is 1.67. The van der Waals surface area contributed by atoms with E-state index >= 15 is 0 Å². The Morgan fingerprint density at radius 1 is 0.604 bits per heavy atom. The first kappa shape index (κ1) is 42.0. The third-order valence-corrected chi connectivity index (χ3v) is 9.35. The number of ether oxygens (including phenoxy) is 2. The molecule has 8 heteroatoms. The molecule has 1 aromatic rings. The highest BCUT2D eigenvalue weighted by Crippen LogP contribution is 2.17. The SMILES string of the molecule is CCCCCCCCCCCCOC(=O)CCN(CCC(=O)OCCCCCCCCCCCC)Cc1ccc(N2CNCNC2)cc1. The van der Waals surface area contributed by atoms with Crippen LogP contribution >= 0.6 is 0 Å². The molecule has 1 aliphatic heterocycles. The van der Waals surface area contributed by atoms with Gasteiger partial charge in [0.15, 0.2) is 0 Å². The van der Waals surface area contributed by atoms with Crippen molar-refractivity contribution in [2.75, 3.05) is 51.2 Å². The quantitative estimate of drug-likeness (QED) is 0.0597. The van der Waals surface area contributed by atoms with E-state index in [9.17, 15) is 9.59 Å². The smallest absolute Gasteiger partial charge is 0.307 e. The Morgan fingerprint density at radius 3 is 1.42 bits per heavy atom. The molecule has 0 radical (unpaired) electrons. The van der Waals surface area contributed by atoms with Crippen LogP contribution in [-0.2, 0) is 25.6 Å². The van der Waals surface area contributed by atoms with Gasteiger partial charge in [-0.2, -0.15) is 0 Å². The van der Waals surface area contributed by atoms with Gasteiger partial charge < -0.3 is 14.4 Å². The predicted molar refractivity (Wildman–Crippen MR) is 200 cm³/mol. The van der Waals surface area contributed by atoms with E-state index in [-0.39, 0.29) is 11.9 Å². The number of benzene rings is 1. The predicted octanol–water partition coefficient (Wildman–Crippen LogP) is 9.07. The minimum atomic E-state index is -0.153. The highest BCUT2D eigenvalue weighted by molar-refractivity contribution is 5.70. The third kappa shape index (κ3) is 22.5. The number of nitrogens with one attached hydrogen (secondary N) is 2. The van der Waals surface area contributed by atoms with Gasteiger partial charge >= 0.3 is 11.9 Å². The van der Waals surface area contributed by atoms with E-state index in [0.29, 0.717) is 45.7 Å². The number of hydrogen-bond donors (Lipinski definition) is 2. The maximum atomic E-state index is 12.6. The van der Waals surface area contributed by atoms with Crippen LogP contribution in [0.2, 0.25) is 0 Å². The van der Waals surface area contributed by atoms with E-state index in [0.717, 1.165) is 56.9 Å². The first-order valence-corrected chi connectivity index (χ1v) is 19.9. The maximum Gasteiger partial charge on any atom is 0.307 e. The second-order valence-electron chi connectivity index (χ2n) is 13.8. The molecule has 1 saturated heterocycles. The van der Waals surface area contributed by atoms with Gasteiger partial charge in [-0.1, -0.05) is 142 Å². The number of anilines is 1. The minimum absolute atomic E-state index is 0.153. The van der Waals surface area contributed by atoms with Crippen LogP contribution in [0.5, 0.6) is 0 Å². The van der Waals surface area contributed by atoms with Crippen molar-refractivity contribution in [1.29, 1.82) is 0 Å². The van der Waals surface area contributed by atoms with Crippen molar-refractivity contribution in [2.45, 2.75) is 162 Å². The molecule has 2 rings (SSSR count). The lowest BCUT2D eigenvalue weighted by atomic mass is 10.1. The molecule has 0 saturated carbocycles. The summed E-state index contributed by atoms with van der Waals surface area (Å²) in [7, 11) is 0. The summed E-state index contributed by atoms with van der Waals surface area (Å²) >= 11 is 0. The topological polar surface area (TPSA) is 83.1 Å². The lowest BCUT2D eigenvalue weighted by Crippen LogP contribution is -2.50. The van der Waals surface area contributed by atoms with Crippen LogP contribution in [0.15, 0.2) is 24.3 Å². The van der Waals surface area contributed by atoms with Gasteiger partial charge in [0.1, 0.15) is 0 Å². The van der Waals surface area contributed by atoms with Crippen LogP contribution < -0.4 is 15.5 Å². The Morgan fingerprint density at radius 2 is 1.00 bits per heavy atom. The van der Waals surface area contributed by atoms with Gasteiger partial charge in [0.2, 0.25) is 0 Å². The number of nitrogens with zero attached hydrogens (tertiary/aromatic N) is 2. The monoisotopic (exact) mass is 673 g/mol. The molecular weight excluding hydrogens is 600 g/mol. The van der Waals surface area contributed by atoms with E-state index in [1.807, 2.05) is 0 Å². The zero-order valence-electron chi connectivity index (χ0n) is 31.1. The van der Waals surface area contributed by atoms with Gasteiger partial charge in [0.25, 0.3) is 0 Å². The van der Waals surface area contributed by atoms with Gasteiger partial charge in [-0.3, -0.25) is 25.1 Å². The normalized spacial score (nSPS) is 13.3. The summed E-state index contributed by atoms with van der Waals surface area (Å²) < 4.78 is 11.1. The Bertz CT molecular complexity index is 865. The minimum Gasteiger partial charge on any atom is -0.466 e. The largest absolute Gasteiger partial charge is 0.466 e. The first-order valence-electron chi connectivity index (χ1n) is 19.9. The van der Waals surface area contributed by atoms with Crippen molar-refractivity contribution < 1.29 is 19.1 Å². The van der Waals surface area contributed by atoms with Crippen LogP contribution in [0, 0.1) is 0 Å². The zero-order chi connectivity index (χ0) is 34.3. The van der Waals surface area contributed by atoms with Crippen LogP contribution in [0.3, 0.4) is 0 Å². The van der Waals surface area contributed by atoms with Crippen molar-refractivity contribution >= 4 is 17.6 Å². The Labute approximate surface area is 294 Å². The van der Waals surface area contributed by atoms with Crippen LogP contribution in [0.4, 0.5) is 5.69 Å². The molecule has 1 fully saturated rings. The van der Waals surface area contributed by atoms with Crippen molar-refractivity contribution in [1.82, 2.24) is 15.5 Å². The van der Waals surface area contributed by atoms with Gasteiger partial charge in [-0.25, -0.2) is 0 Å². The number of rotatable bonds is 31. The van der Waals surface area contributed by atoms with Gasteiger partial charge in [-0.15, -0.1) is 0 Å². The highest BCUT2D eigenvalue weighted by Gasteiger charge is 2.14. The van der Waals surface area contributed by atoms with Crippen molar-refractivity contribution in [3.63, 3.8) is 0 Å². The second-order valence-corrected chi connectivity index (χ2v) is 13.8. The Kier molecular flexibility index (Phi) is 26.0. The van der Waals surface area contributed by atoms with Crippen molar-refractivity contribution in [3.05, 3.63) is 29.8 Å². The lowest BCUT2D eigenvalue weighted by Gasteiger charge is -2.30. The number of hydrogen-bond acceptors (Lipinski definition) is 8. The number of carbonyl (C=O) groups excluding carboxylic acids is 2. The standard InChI is InChI=1S/C40H72N4O4/c1-3-5-7-9-11-13-15-17-19-21-31-47-39(45)27-29-43(33-37-23-25-38(26-24-37)44-35-41-34-42-36-44)30-28-40(46)48-32-22-20-18-16-14-12-10-8-6-4-2/h23-26,41-42H,3-22,27-36H2,1-2H3. The molecule has 0 unspecified atom stereocenters. The fourth-order valence-electron chi connectivity index (χ4n) is 6.24. The van der Waals surface area contributed by atoms with Gasteiger partial charge in [0.05, 0.1) is 39.4 Å². The molecule has 0 atom stereocenters. The average Bonchev–Trinajstić information content (AvgIpc) is 3.11. The molecule has 0 aromatic heterocycles. The molecule has 2 N–H and O–H groups in total. The Hall–Kier alpha value is -2.16. The van der Waals surface area contributed by atoms with E-state index in [2.05, 4.69) is 58.5 Å². The van der Waals surface area contributed by atoms with Gasteiger partial charge in [-0.05, 0) is 30.5 Å². The molecule has 48 heavy (non-hydrogen) atoms. The van der Waals surface area contributed by atoms with Crippen molar-refractivity contribution in [2.24, 2.45) is 0 Å². The van der Waals surface area contributed by atoms with E-state index in [4.69, 9.17) is 9.47 Å². The summed E-state index contributed by atoms with van der Waals surface area (Å²) in [5.74, 6) is -0.306. The van der Waals surface area contributed by atoms with Crippen LogP contribution in [0.1, 0.15) is 161 Å². The molecule has 1 aliphatic rings. The molecule has 0 spiro atoms. The fraction of sp³-hybridized carbons (Fsp3) is 0.800. The fourth-order valence-corrected chi connectivity index (χ4v) is 6.24.